The summed E-state index contributed by atoms with van der Waals surface area (Å²) in [5, 5.41) is 13.5. The number of nitrogens with zero attached hydrogens (tertiary/aromatic N) is 2. The molecule has 1 saturated heterocycles. The van der Waals surface area contributed by atoms with Crippen LogP contribution in [0.4, 0.5) is 11.4 Å². The van der Waals surface area contributed by atoms with Crippen molar-refractivity contribution < 1.29 is 27.9 Å². The first kappa shape index (κ1) is 23.9. The van der Waals surface area contributed by atoms with E-state index in [1.165, 1.54) is 16.6 Å². The number of morpholine rings is 1. The number of rotatable bonds is 6. The lowest BCUT2D eigenvalue weighted by Crippen LogP contribution is -2.40. The maximum absolute atomic E-state index is 13.6. The number of aromatic nitrogens is 1. The van der Waals surface area contributed by atoms with E-state index in [1.807, 2.05) is 0 Å². The van der Waals surface area contributed by atoms with Crippen LogP contribution in [0.3, 0.4) is 0 Å². The van der Waals surface area contributed by atoms with Gasteiger partial charge in [-0.2, -0.15) is 4.31 Å². The minimum absolute atomic E-state index is 0.0178. The fourth-order valence-electron chi connectivity index (χ4n) is 3.79. The third-order valence-electron chi connectivity index (χ3n) is 5.48. The number of carbonyl (C=O) groups excluding carboxylic acids is 1. The number of hydrogen-bond donors (Lipinski definition) is 3. The van der Waals surface area contributed by atoms with Crippen molar-refractivity contribution in [3.63, 3.8) is 0 Å². The molecule has 0 atom stereocenters. The van der Waals surface area contributed by atoms with Crippen molar-refractivity contribution in [3.05, 3.63) is 58.2 Å². The zero-order valence-electron chi connectivity index (χ0n) is 18.0. The molecule has 1 aliphatic heterocycles. The van der Waals surface area contributed by atoms with Gasteiger partial charge in [0.05, 0.1) is 35.7 Å². The molecule has 34 heavy (non-hydrogen) atoms. The summed E-state index contributed by atoms with van der Waals surface area (Å²) in [7, 11) is -4.02. The molecule has 3 aromatic rings. The first-order valence-corrected chi connectivity index (χ1v) is 12.0. The van der Waals surface area contributed by atoms with E-state index < -0.39 is 21.9 Å². The van der Waals surface area contributed by atoms with E-state index in [2.05, 4.69) is 10.3 Å². The Morgan fingerprint density at radius 2 is 1.88 bits per heavy atom. The van der Waals surface area contributed by atoms with E-state index in [9.17, 15) is 23.1 Å². The van der Waals surface area contributed by atoms with Crippen LogP contribution in [0, 0.1) is 6.92 Å². The van der Waals surface area contributed by atoms with E-state index in [1.54, 1.807) is 25.1 Å². The average Bonchev–Trinajstić information content (AvgIpc) is 2.80. The number of halogens is 1. The summed E-state index contributed by atoms with van der Waals surface area (Å²) in [6.45, 7) is 2.44. The normalized spacial score (nSPS) is 14.8. The molecule has 0 aliphatic carbocycles. The molecule has 1 amide bonds. The third kappa shape index (κ3) is 4.42. The fraction of sp³-hybridized carbons (Fsp3) is 0.227. The Kier molecular flexibility index (Phi) is 6.45. The van der Waals surface area contributed by atoms with Crippen LogP contribution in [0.1, 0.15) is 26.3 Å². The number of carboxylic acids is 1. The van der Waals surface area contributed by atoms with Gasteiger partial charge in [-0.25, -0.2) is 13.2 Å². The number of aromatic carboxylic acids is 1. The van der Waals surface area contributed by atoms with Crippen LogP contribution in [0.2, 0.25) is 5.02 Å². The molecule has 0 unspecified atom stereocenters. The number of pyridine rings is 1. The van der Waals surface area contributed by atoms with Gasteiger partial charge in [0.15, 0.2) is 0 Å². The molecule has 1 aromatic heterocycles. The predicted molar refractivity (Wildman–Crippen MR) is 126 cm³/mol. The lowest BCUT2D eigenvalue weighted by molar-refractivity contribution is 0.0698. The second kappa shape index (κ2) is 9.18. The minimum atomic E-state index is -4.02. The molecule has 4 N–H and O–H groups in total. The number of sulfonamides is 1. The zero-order chi connectivity index (χ0) is 24.6. The lowest BCUT2D eigenvalue weighted by atomic mass is 10.0. The number of carboxylic acid groups (broad SMARTS) is 1. The number of hydrogen-bond acceptors (Lipinski definition) is 7. The number of nitrogens with two attached hydrogens (primary N) is 1. The average molecular weight is 505 g/mol. The molecule has 4 rings (SSSR count). The molecule has 1 aliphatic rings. The first-order valence-electron chi connectivity index (χ1n) is 10.2. The number of anilines is 2. The minimum Gasteiger partial charge on any atom is -0.478 e. The number of amides is 1. The third-order valence-corrected chi connectivity index (χ3v) is 7.63. The standard InChI is InChI=1S/C22H21ClN4O6S/c1-12-8-13(21(24)28)9-16(22(29)30)19(12)26-20-15-10-14(23)2-3-17(15)25-11-18(20)34(31,32)27-4-6-33-7-5-27/h2-3,8-11H,4-7H2,1H3,(H2,24,28)(H,25,26)(H,29,30). The molecule has 0 spiro atoms. The Morgan fingerprint density at radius 1 is 1.18 bits per heavy atom. The predicted octanol–water partition coefficient (Wildman–Crippen LogP) is 2.76. The summed E-state index contributed by atoms with van der Waals surface area (Å²) in [5.74, 6) is -2.10. The van der Waals surface area contributed by atoms with Gasteiger partial charge in [0.2, 0.25) is 15.9 Å². The van der Waals surface area contributed by atoms with Crippen molar-refractivity contribution in [2.75, 3.05) is 31.6 Å². The molecule has 178 valence electrons. The highest BCUT2D eigenvalue weighted by Crippen LogP contribution is 2.37. The zero-order valence-corrected chi connectivity index (χ0v) is 19.6. The Balaban J connectivity index is 1.97. The molecule has 12 heteroatoms. The molecule has 0 radical (unpaired) electrons. The molecule has 2 aromatic carbocycles. The number of primary amides is 1. The summed E-state index contributed by atoms with van der Waals surface area (Å²) < 4.78 is 33.7. The van der Waals surface area contributed by atoms with Gasteiger partial charge in [0.1, 0.15) is 4.90 Å². The summed E-state index contributed by atoms with van der Waals surface area (Å²) in [4.78, 5) is 27.8. The molecular weight excluding hydrogens is 484 g/mol. The maximum Gasteiger partial charge on any atom is 0.337 e. The van der Waals surface area contributed by atoms with Crippen LogP contribution in [0.5, 0.6) is 0 Å². The van der Waals surface area contributed by atoms with Crippen LogP contribution in [0.25, 0.3) is 10.9 Å². The van der Waals surface area contributed by atoms with Gasteiger partial charge in [-0.1, -0.05) is 11.6 Å². The lowest BCUT2D eigenvalue weighted by Gasteiger charge is -2.27. The van der Waals surface area contributed by atoms with Crippen molar-refractivity contribution in [1.29, 1.82) is 0 Å². The molecular formula is C22H21ClN4O6S. The molecule has 1 fully saturated rings. The summed E-state index contributed by atoms with van der Waals surface area (Å²) in [6, 6.07) is 7.38. The quantitative estimate of drug-likeness (QED) is 0.463. The van der Waals surface area contributed by atoms with Crippen LogP contribution in [-0.4, -0.2) is 61.0 Å². The Hall–Kier alpha value is -3.25. The second-order valence-electron chi connectivity index (χ2n) is 7.69. The highest BCUT2D eigenvalue weighted by Gasteiger charge is 2.31. The van der Waals surface area contributed by atoms with Crippen molar-refractivity contribution in [3.8, 4) is 0 Å². The van der Waals surface area contributed by atoms with Crippen molar-refractivity contribution >= 4 is 55.8 Å². The monoisotopic (exact) mass is 504 g/mol. The van der Waals surface area contributed by atoms with Gasteiger partial charge >= 0.3 is 5.97 Å². The molecule has 0 saturated carbocycles. The number of ether oxygens (including phenoxy) is 1. The van der Waals surface area contributed by atoms with Crippen molar-refractivity contribution in [2.45, 2.75) is 11.8 Å². The van der Waals surface area contributed by atoms with E-state index in [-0.39, 0.29) is 53.7 Å². The number of aryl methyl sites for hydroxylation is 1. The van der Waals surface area contributed by atoms with Gasteiger partial charge in [-0.15, -0.1) is 0 Å². The van der Waals surface area contributed by atoms with Crippen molar-refractivity contribution in [1.82, 2.24) is 9.29 Å². The number of benzene rings is 2. The van der Waals surface area contributed by atoms with Crippen LogP contribution in [-0.2, 0) is 14.8 Å². The smallest absolute Gasteiger partial charge is 0.337 e. The SMILES string of the molecule is Cc1cc(C(N)=O)cc(C(=O)O)c1Nc1c(S(=O)(=O)N2CCOCC2)cnc2ccc(Cl)cc12. The summed E-state index contributed by atoms with van der Waals surface area (Å²) in [6.07, 6.45) is 1.23. The van der Waals surface area contributed by atoms with E-state index in [0.717, 1.165) is 6.07 Å². The van der Waals surface area contributed by atoms with Gasteiger partial charge in [0, 0.05) is 35.3 Å². The molecule has 2 heterocycles. The Morgan fingerprint density at radius 3 is 2.53 bits per heavy atom. The summed E-state index contributed by atoms with van der Waals surface area (Å²) in [5.41, 5.74) is 6.19. The second-order valence-corrected chi connectivity index (χ2v) is 10.0. The maximum atomic E-state index is 13.6. The van der Waals surface area contributed by atoms with E-state index >= 15 is 0 Å². The Labute approximate surface area is 200 Å². The molecule has 10 nitrogen and oxygen atoms in total. The van der Waals surface area contributed by atoms with Crippen molar-refractivity contribution in [2.24, 2.45) is 5.73 Å². The largest absolute Gasteiger partial charge is 0.478 e. The highest BCUT2D eigenvalue weighted by atomic mass is 35.5. The van der Waals surface area contributed by atoms with Crippen LogP contribution < -0.4 is 11.1 Å². The number of fused-ring (bicyclic) bond motifs is 1. The van der Waals surface area contributed by atoms with Crippen LogP contribution in [0.15, 0.2) is 41.4 Å². The topological polar surface area (TPSA) is 152 Å². The van der Waals surface area contributed by atoms with Gasteiger partial charge in [0.25, 0.3) is 0 Å². The molecule has 0 bridgehead atoms. The van der Waals surface area contributed by atoms with E-state index in [0.29, 0.717) is 21.5 Å². The first-order chi connectivity index (χ1) is 16.1. The van der Waals surface area contributed by atoms with Crippen LogP contribution >= 0.6 is 11.6 Å². The number of nitrogens with one attached hydrogen (secondary N) is 1. The Bertz CT molecular complexity index is 1420. The van der Waals surface area contributed by atoms with Gasteiger partial charge < -0.3 is 20.9 Å². The van der Waals surface area contributed by atoms with Gasteiger partial charge in [-0.05, 0) is 42.8 Å². The number of carbonyl (C=O) groups is 2. The highest BCUT2D eigenvalue weighted by molar-refractivity contribution is 7.89. The van der Waals surface area contributed by atoms with E-state index in [4.69, 9.17) is 22.1 Å². The summed E-state index contributed by atoms with van der Waals surface area (Å²) >= 11 is 6.20. The fourth-order valence-corrected chi connectivity index (χ4v) is 5.47. The van der Waals surface area contributed by atoms with Gasteiger partial charge in [-0.3, -0.25) is 9.78 Å².